The molecule has 0 saturated carbocycles. The van der Waals surface area contributed by atoms with Crippen LogP contribution in [0.2, 0.25) is 0 Å². The van der Waals surface area contributed by atoms with E-state index in [-0.39, 0.29) is 0 Å². The van der Waals surface area contributed by atoms with Crippen LogP contribution in [-0.4, -0.2) is 9.97 Å². The third-order valence-electron chi connectivity index (χ3n) is 2.06. The molecule has 0 aliphatic heterocycles. The van der Waals surface area contributed by atoms with Crippen molar-refractivity contribution in [1.82, 2.24) is 9.97 Å². The molecule has 0 aliphatic carbocycles. The molecule has 4 heteroatoms. The van der Waals surface area contributed by atoms with Crippen LogP contribution in [0.25, 0.3) is 0 Å². The Kier molecular flexibility index (Phi) is 2.83. The van der Waals surface area contributed by atoms with Crippen molar-refractivity contribution in [2.24, 2.45) is 5.84 Å². The number of hydrogen-bond donors (Lipinski definition) is 2. The number of anilines is 1. The van der Waals surface area contributed by atoms with Gasteiger partial charge in [-0.25, -0.2) is 15.8 Å². The van der Waals surface area contributed by atoms with Gasteiger partial charge in [-0.2, -0.15) is 0 Å². The molecule has 4 nitrogen and oxygen atoms in total. The maximum atomic E-state index is 5.35. The third kappa shape index (κ3) is 1.95. The van der Waals surface area contributed by atoms with Gasteiger partial charge in [-0.15, -0.1) is 0 Å². The summed E-state index contributed by atoms with van der Waals surface area (Å²) >= 11 is 0. The lowest BCUT2D eigenvalue weighted by molar-refractivity contribution is 0.763. The quantitative estimate of drug-likeness (QED) is 0.535. The SMILES string of the molecule is Cc1nc(C(C)C)nc(NN)c1C. The number of nitrogen functional groups attached to an aromatic ring is 1. The Balaban J connectivity index is 3.22. The highest BCUT2D eigenvalue weighted by molar-refractivity contribution is 5.44. The fourth-order valence-corrected chi connectivity index (χ4v) is 1.05. The fourth-order valence-electron chi connectivity index (χ4n) is 1.05. The van der Waals surface area contributed by atoms with Gasteiger partial charge < -0.3 is 5.43 Å². The van der Waals surface area contributed by atoms with Crippen LogP contribution in [0.1, 0.15) is 36.8 Å². The molecule has 0 aliphatic rings. The third-order valence-corrected chi connectivity index (χ3v) is 2.06. The highest BCUT2D eigenvalue weighted by atomic mass is 15.3. The fraction of sp³-hybridized carbons (Fsp3) is 0.556. The first-order chi connectivity index (χ1) is 6.06. The van der Waals surface area contributed by atoms with E-state index < -0.39 is 0 Å². The monoisotopic (exact) mass is 180 g/mol. The van der Waals surface area contributed by atoms with Crippen molar-refractivity contribution in [3.63, 3.8) is 0 Å². The molecule has 0 bridgehead atoms. The van der Waals surface area contributed by atoms with Gasteiger partial charge in [0, 0.05) is 17.2 Å². The van der Waals surface area contributed by atoms with E-state index in [1.165, 1.54) is 0 Å². The molecule has 72 valence electrons. The molecule has 3 N–H and O–H groups in total. The largest absolute Gasteiger partial charge is 0.308 e. The van der Waals surface area contributed by atoms with Crippen LogP contribution < -0.4 is 11.3 Å². The molecule has 1 heterocycles. The Labute approximate surface area is 78.6 Å². The lowest BCUT2D eigenvalue weighted by atomic mass is 10.2. The molecule has 0 fully saturated rings. The van der Waals surface area contributed by atoms with Crippen LogP contribution in [0.15, 0.2) is 0 Å². The summed E-state index contributed by atoms with van der Waals surface area (Å²) in [6.07, 6.45) is 0. The van der Waals surface area contributed by atoms with Crippen LogP contribution in [0.3, 0.4) is 0 Å². The molecular weight excluding hydrogens is 164 g/mol. The predicted octanol–water partition coefficient (Wildman–Crippen LogP) is 1.50. The van der Waals surface area contributed by atoms with Gasteiger partial charge >= 0.3 is 0 Å². The minimum atomic E-state index is 0.325. The van der Waals surface area contributed by atoms with Crippen LogP contribution in [0.5, 0.6) is 0 Å². The average Bonchev–Trinajstić information content (AvgIpc) is 2.09. The van der Waals surface area contributed by atoms with E-state index >= 15 is 0 Å². The maximum absolute atomic E-state index is 5.35. The normalized spacial score (nSPS) is 10.6. The van der Waals surface area contributed by atoms with Crippen molar-refractivity contribution in [3.05, 3.63) is 17.1 Å². The molecule has 13 heavy (non-hydrogen) atoms. The van der Waals surface area contributed by atoms with Gasteiger partial charge in [0.15, 0.2) is 0 Å². The first kappa shape index (κ1) is 9.92. The Morgan fingerprint density at radius 1 is 1.23 bits per heavy atom. The van der Waals surface area contributed by atoms with E-state index in [1.807, 2.05) is 13.8 Å². The topological polar surface area (TPSA) is 63.8 Å². The summed E-state index contributed by atoms with van der Waals surface area (Å²) in [5.41, 5.74) is 4.57. The van der Waals surface area contributed by atoms with Crippen LogP contribution in [-0.2, 0) is 0 Å². The molecule has 0 atom stereocenters. The standard InChI is InChI=1S/C9H16N4/c1-5(2)8-11-7(4)6(3)9(12-8)13-10/h5H,10H2,1-4H3,(H,11,12,13). The second-order valence-corrected chi connectivity index (χ2v) is 3.44. The van der Waals surface area contributed by atoms with Crippen LogP contribution in [0, 0.1) is 13.8 Å². The zero-order valence-corrected chi connectivity index (χ0v) is 8.55. The number of aromatic nitrogens is 2. The number of nitrogens with zero attached hydrogens (tertiary/aromatic N) is 2. The summed E-state index contributed by atoms with van der Waals surface area (Å²) in [4.78, 5) is 8.68. The van der Waals surface area contributed by atoms with Crippen molar-refractivity contribution in [2.75, 3.05) is 5.43 Å². The molecule has 1 rings (SSSR count). The summed E-state index contributed by atoms with van der Waals surface area (Å²) in [5.74, 6) is 7.22. The summed E-state index contributed by atoms with van der Waals surface area (Å²) in [6.45, 7) is 8.03. The number of hydrazine groups is 1. The minimum absolute atomic E-state index is 0.325. The van der Waals surface area contributed by atoms with Crippen molar-refractivity contribution >= 4 is 5.82 Å². The Morgan fingerprint density at radius 3 is 2.31 bits per heavy atom. The molecule has 0 amide bonds. The Hall–Kier alpha value is -1.16. The summed E-state index contributed by atoms with van der Waals surface area (Å²) in [5, 5.41) is 0. The zero-order chi connectivity index (χ0) is 10.0. The van der Waals surface area contributed by atoms with E-state index in [2.05, 4.69) is 29.2 Å². The van der Waals surface area contributed by atoms with Crippen molar-refractivity contribution < 1.29 is 0 Å². The highest BCUT2D eigenvalue weighted by Gasteiger charge is 2.08. The molecule has 1 aromatic rings. The smallest absolute Gasteiger partial charge is 0.146 e. The van der Waals surface area contributed by atoms with Gasteiger partial charge in [0.1, 0.15) is 11.6 Å². The number of aryl methyl sites for hydroxylation is 1. The molecular formula is C9H16N4. The van der Waals surface area contributed by atoms with Gasteiger partial charge in [-0.05, 0) is 13.8 Å². The Morgan fingerprint density at radius 2 is 1.85 bits per heavy atom. The van der Waals surface area contributed by atoms with Crippen molar-refractivity contribution in [3.8, 4) is 0 Å². The van der Waals surface area contributed by atoms with E-state index in [0.717, 1.165) is 22.9 Å². The van der Waals surface area contributed by atoms with Crippen LogP contribution in [0.4, 0.5) is 5.82 Å². The Bertz CT molecular complexity index is 307. The molecule has 0 radical (unpaired) electrons. The number of rotatable bonds is 2. The number of hydrogen-bond acceptors (Lipinski definition) is 4. The first-order valence-electron chi connectivity index (χ1n) is 4.38. The number of nitrogens with one attached hydrogen (secondary N) is 1. The average molecular weight is 180 g/mol. The first-order valence-corrected chi connectivity index (χ1v) is 4.38. The molecule has 0 saturated heterocycles. The van der Waals surface area contributed by atoms with E-state index in [1.54, 1.807) is 0 Å². The predicted molar refractivity (Wildman–Crippen MR) is 53.4 cm³/mol. The van der Waals surface area contributed by atoms with E-state index in [0.29, 0.717) is 5.92 Å². The summed E-state index contributed by atoms with van der Waals surface area (Å²) in [6, 6.07) is 0. The molecule has 1 aromatic heterocycles. The molecule has 0 spiro atoms. The molecule has 0 aromatic carbocycles. The lowest BCUT2D eigenvalue weighted by Gasteiger charge is -2.10. The van der Waals surface area contributed by atoms with Gasteiger partial charge in [0.25, 0.3) is 0 Å². The van der Waals surface area contributed by atoms with Crippen molar-refractivity contribution in [1.29, 1.82) is 0 Å². The van der Waals surface area contributed by atoms with Crippen LogP contribution >= 0.6 is 0 Å². The van der Waals surface area contributed by atoms with E-state index in [4.69, 9.17) is 5.84 Å². The maximum Gasteiger partial charge on any atom is 0.146 e. The second kappa shape index (κ2) is 3.70. The highest BCUT2D eigenvalue weighted by Crippen LogP contribution is 2.17. The zero-order valence-electron chi connectivity index (χ0n) is 8.55. The van der Waals surface area contributed by atoms with Gasteiger partial charge in [0.05, 0.1) is 0 Å². The lowest BCUT2D eigenvalue weighted by Crippen LogP contribution is -2.13. The summed E-state index contributed by atoms with van der Waals surface area (Å²) < 4.78 is 0. The van der Waals surface area contributed by atoms with Gasteiger partial charge in [-0.1, -0.05) is 13.8 Å². The van der Waals surface area contributed by atoms with Crippen molar-refractivity contribution in [2.45, 2.75) is 33.6 Å². The number of nitrogens with two attached hydrogens (primary N) is 1. The summed E-state index contributed by atoms with van der Waals surface area (Å²) in [7, 11) is 0. The van der Waals surface area contributed by atoms with E-state index in [9.17, 15) is 0 Å². The van der Waals surface area contributed by atoms with Gasteiger partial charge in [0.2, 0.25) is 0 Å². The van der Waals surface area contributed by atoms with Gasteiger partial charge in [-0.3, -0.25) is 0 Å². The second-order valence-electron chi connectivity index (χ2n) is 3.44. The minimum Gasteiger partial charge on any atom is -0.308 e. The molecule has 0 unspecified atom stereocenters.